The van der Waals surface area contributed by atoms with Gasteiger partial charge in [0.1, 0.15) is 0 Å². The lowest BCUT2D eigenvalue weighted by Crippen LogP contribution is -2.30. The van der Waals surface area contributed by atoms with Crippen LogP contribution in [0.5, 0.6) is 0 Å². The number of hydrogen-bond acceptors (Lipinski definition) is 7. The van der Waals surface area contributed by atoms with Crippen molar-refractivity contribution < 1.29 is 4.79 Å². The average Bonchev–Trinajstić information content (AvgIpc) is 2.82. The van der Waals surface area contributed by atoms with Gasteiger partial charge in [0.25, 0.3) is 11.5 Å². The van der Waals surface area contributed by atoms with Gasteiger partial charge in [-0.1, -0.05) is 6.07 Å². The number of aromatic nitrogens is 5. The van der Waals surface area contributed by atoms with E-state index in [0.29, 0.717) is 22.8 Å². The first-order chi connectivity index (χ1) is 16.0. The van der Waals surface area contributed by atoms with E-state index >= 15 is 0 Å². The minimum Gasteiger partial charge on any atom is -0.352 e. The monoisotopic (exact) mass is 443 g/mol. The molecule has 1 aromatic carbocycles. The maximum Gasteiger partial charge on any atom is 0.325 e. The Morgan fingerprint density at radius 3 is 2.79 bits per heavy atom. The number of anilines is 2. The number of nitrogens with zero attached hydrogens (tertiary/aromatic N) is 3. The van der Waals surface area contributed by atoms with Gasteiger partial charge in [-0.15, -0.1) is 0 Å². The van der Waals surface area contributed by atoms with Crippen molar-refractivity contribution in [3.8, 4) is 11.3 Å². The Labute approximate surface area is 188 Å². The van der Waals surface area contributed by atoms with E-state index in [1.165, 1.54) is 6.20 Å². The third-order valence-corrected chi connectivity index (χ3v) is 4.94. The second kappa shape index (κ2) is 9.69. The molecule has 1 amide bonds. The van der Waals surface area contributed by atoms with Crippen LogP contribution in [0.25, 0.3) is 11.3 Å². The largest absolute Gasteiger partial charge is 0.352 e. The molecule has 0 fully saturated rings. The fourth-order valence-electron chi connectivity index (χ4n) is 3.15. The molecular formula is C23H21N7O3. The molecule has 0 saturated carbocycles. The zero-order chi connectivity index (χ0) is 23.2. The molecule has 0 spiro atoms. The summed E-state index contributed by atoms with van der Waals surface area (Å²) in [6, 6.07) is 10.8. The maximum absolute atomic E-state index is 12.6. The van der Waals surface area contributed by atoms with Crippen molar-refractivity contribution in [1.29, 1.82) is 0 Å². The van der Waals surface area contributed by atoms with Crippen molar-refractivity contribution in [3.63, 3.8) is 0 Å². The Bertz CT molecular complexity index is 1400. The molecule has 4 aromatic rings. The Hall–Kier alpha value is -4.60. The zero-order valence-corrected chi connectivity index (χ0v) is 17.8. The molecule has 33 heavy (non-hydrogen) atoms. The Kier molecular flexibility index (Phi) is 6.35. The second-order valence-electron chi connectivity index (χ2n) is 7.26. The van der Waals surface area contributed by atoms with Crippen LogP contribution in [-0.2, 0) is 6.42 Å². The van der Waals surface area contributed by atoms with Gasteiger partial charge in [0, 0.05) is 53.7 Å². The number of aromatic amines is 2. The zero-order valence-electron chi connectivity index (χ0n) is 17.8. The van der Waals surface area contributed by atoms with Crippen LogP contribution in [0.4, 0.5) is 11.6 Å². The minimum absolute atomic E-state index is 0.237. The maximum atomic E-state index is 12.6. The number of nitrogens with one attached hydrogen (secondary N) is 4. The van der Waals surface area contributed by atoms with Crippen LogP contribution in [0, 0.1) is 6.92 Å². The number of carbonyl (C=O) groups is 1. The predicted octanol–water partition coefficient (Wildman–Crippen LogP) is 1.94. The molecule has 0 bridgehead atoms. The highest BCUT2D eigenvalue weighted by atomic mass is 16.2. The van der Waals surface area contributed by atoms with E-state index < -0.39 is 11.2 Å². The van der Waals surface area contributed by atoms with Crippen LogP contribution >= 0.6 is 0 Å². The van der Waals surface area contributed by atoms with Gasteiger partial charge in [-0.05, 0) is 49.2 Å². The molecule has 0 aliphatic carbocycles. The van der Waals surface area contributed by atoms with Crippen LogP contribution in [0.15, 0.2) is 70.8 Å². The molecule has 10 heteroatoms. The van der Waals surface area contributed by atoms with E-state index in [-0.39, 0.29) is 18.9 Å². The molecule has 0 atom stereocenters. The summed E-state index contributed by atoms with van der Waals surface area (Å²) in [4.78, 5) is 52.9. The third-order valence-electron chi connectivity index (χ3n) is 4.94. The minimum atomic E-state index is -0.567. The Balaban J connectivity index is 1.45. The summed E-state index contributed by atoms with van der Waals surface area (Å²) in [6.45, 7) is 2.15. The van der Waals surface area contributed by atoms with Crippen LogP contribution < -0.4 is 21.9 Å². The first kappa shape index (κ1) is 21.6. The van der Waals surface area contributed by atoms with Crippen molar-refractivity contribution in [2.75, 3.05) is 11.9 Å². The van der Waals surface area contributed by atoms with E-state index in [2.05, 4.69) is 35.6 Å². The van der Waals surface area contributed by atoms with E-state index in [0.717, 1.165) is 16.8 Å². The molecule has 0 aliphatic rings. The fraction of sp³-hybridized carbons (Fsp3) is 0.130. The first-order valence-corrected chi connectivity index (χ1v) is 10.2. The molecule has 166 valence electrons. The number of amides is 1. The van der Waals surface area contributed by atoms with Gasteiger partial charge < -0.3 is 15.6 Å². The normalized spacial score (nSPS) is 10.6. The smallest absolute Gasteiger partial charge is 0.325 e. The van der Waals surface area contributed by atoms with Gasteiger partial charge in [-0.25, -0.2) is 14.8 Å². The number of aryl methyl sites for hydroxylation is 1. The number of hydrogen-bond donors (Lipinski definition) is 4. The predicted molar refractivity (Wildman–Crippen MR) is 123 cm³/mol. The van der Waals surface area contributed by atoms with Gasteiger partial charge >= 0.3 is 5.69 Å². The Morgan fingerprint density at radius 1 is 1.12 bits per heavy atom. The lowest BCUT2D eigenvalue weighted by molar-refractivity contribution is 0.0954. The summed E-state index contributed by atoms with van der Waals surface area (Å²) in [5, 5.41) is 5.95. The number of rotatable bonds is 7. The van der Waals surface area contributed by atoms with E-state index in [1.807, 2.05) is 25.1 Å². The van der Waals surface area contributed by atoms with Gasteiger partial charge in [0.05, 0.1) is 5.69 Å². The van der Waals surface area contributed by atoms with Gasteiger partial charge in [-0.2, -0.15) is 0 Å². The molecular weight excluding hydrogens is 422 g/mol. The van der Waals surface area contributed by atoms with Gasteiger partial charge in [-0.3, -0.25) is 19.6 Å². The van der Waals surface area contributed by atoms with E-state index in [1.54, 1.807) is 36.8 Å². The number of carbonyl (C=O) groups excluding carboxylic acids is 1. The van der Waals surface area contributed by atoms with Crippen molar-refractivity contribution in [3.05, 3.63) is 98.7 Å². The molecule has 3 heterocycles. The highest BCUT2D eigenvalue weighted by Crippen LogP contribution is 2.22. The molecule has 0 radical (unpaired) electrons. The third kappa shape index (κ3) is 5.37. The summed E-state index contributed by atoms with van der Waals surface area (Å²) in [5.74, 6) is 0.109. The molecule has 4 rings (SSSR count). The van der Waals surface area contributed by atoms with Crippen LogP contribution in [0.1, 0.15) is 21.5 Å². The summed E-state index contributed by atoms with van der Waals surface area (Å²) in [7, 11) is 0. The summed E-state index contributed by atoms with van der Waals surface area (Å²) < 4.78 is 0. The average molecular weight is 443 g/mol. The highest BCUT2D eigenvalue weighted by Gasteiger charge is 2.10. The quantitative estimate of drug-likeness (QED) is 0.341. The van der Waals surface area contributed by atoms with Crippen LogP contribution in [0.3, 0.4) is 0 Å². The SMILES string of the molecule is Cc1ccc(C(=O)NCCc2c[nH]c(=O)[nH]c2=O)cc1Nc1nccc(-c2cccnc2)n1. The summed E-state index contributed by atoms with van der Waals surface area (Å²) >= 11 is 0. The molecule has 3 aromatic heterocycles. The highest BCUT2D eigenvalue weighted by molar-refractivity contribution is 5.95. The van der Waals surface area contributed by atoms with Crippen molar-refractivity contribution in [2.45, 2.75) is 13.3 Å². The van der Waals surface area contributed by atoms with Crippen molar-refractivity contribution in [2.24, 2.45) is 0 Å². The molecule has 0 saturated heterocycles. The van der Waals surface area contributed by atoms with E-state index in [4.69, 9.17) is 0 Å². The molecule has 0 unspecified atom stereocenters. The first-order valence-electron chi connectivity index (χ1n) is 10.2. The molecule has 0 aliphatic heterocycles. The lowest BCUT2D eigenvalue weighted by atomic mass is 10.1. The topological polar surface area (TPSA) is 146 Å². The van der Waals surface area contributed by atoms with Crippen LogP contribution in [-0.4, -0.2) is 37.4 Å². The van der Waals surface area contributed by atoms with E-state index in [9.17, 15) is 14.4 Å². The fourth-order valence-corrected chi connectivity index (χ4v) is 3.15. The van der Waals surface area contributed by atoms with Crippen LogP contribution in [0.2, 0.25) is 0 Å². The summed E-state index contributed by atoms with van der Waals surface area (Å²) in [6.07, 6.45) is 6.71. The number of pyridine rings is 1. The Morgan fingerprint density at radius 2 is 2.00 bits per heavy atom. The van der Waals surface area contributed by atoms with Crippen molar-refractivity contribution in [1.82, 2.24) is 30.2 Å². The molecule has 10 nitrogen and oxygen atoms in total. The number of benzene rings is 1. The van der Waals surface area contributed by atoms with Gasteiger partial charge in [0.15, 0.2) is 0 Å². The number of H-pyrrole nitrogens is 2. The van der Waals surface area contributed by atoms with Crippen molar-refractivity contribution >= 4 is 17.5 Å². The lowest BCUT2D eigenvalue weighted by Gasteiger charge is -2.11. The van der Waals surface area contributed by atoms with Gasteiger partial charge in [0.2, 0.25) is 5.95 Å². The second-order valence-corrected chi connectivity index (χ2v) is 7.26. The molecule has 4 N–H and O–H groups in total. The summed E-state index contributed by atoms with van der Waals surface area (Å²) in [5.41, 5.74) is 3.00. The standard InChI is InChI=1S/C23H21N7O3/c1-14-4-5-15(20(31)25-9-6-17-13-27-23(33)30-21(17)32)11-19(14)29-22-26-10-7-18(28-22)16-3-2-8-24-12-16/h2-5,7-8,10-13H,6,9H2,1H3,(H,25,31)(H,26,28,29)(H2,27,30,32,33).